The minimum absolute atomic E-state index is 0.0903. The van der Waals surface area contributed by atoms with Gasteiger partial charge in [-0.15, -0.1) is 0 Å². The molecule has 1 aliphatic rings. The summed E-state index contributed by atoms with van der Waals surface area (Å²) in [6.07, 6.45) is 2.04. The van der Waals surface area contributed by atoms with Gasteiger partial charge in [0.1, 0.15) is 0 Å². The van der Waals surface area contributed by atoms with Gasteiger partial charge >= 0.3 is 0 Å². The summed E-state index contributed by atoms with van der Waals surface area (Å²) in [6.45, 7) is 8.52. The van der Waals surface area contributed by atoms with Crippen LogP contribution in [0.15, 0.2) is 0 Å². The van der Waals surface area contributed by atoms with Crippen LogP contribution in [0, 0.1) is 5.92 Å². The Bertz CT molecular complexity index is 213. The first-order valence-electron chi connectivity index (χ1n) is 6.21. The molecular weight excluding hydrogens is 204 g/mol. The summed E-state index contributed by atoms with van der Waals surface area (Å²) in [5.74, 6) is 0.722. The molecule has 0 spiro atoms. The fraction of sp³-hybridized carbons (Fsp3) is 0.917. The van der Waals surface area contributed by atoms with Crippen molar-refractivity contribution in [3.8, 4) is 0 Å². The molecule has 0 aromatic rings. The molecule has 0 radical (unpaired) electrons. The van der Waals surface area contributed by atoms with E-state index in [0.29, 0.717) is 12.0 Å². The lowest BCUT2D eigenvalue weighted by molar-refractivity contribution is -0.122. The number of nitrogens with one attached hydrogen (secondary N) is 2. The summed E-state index contributed by atoms with van der Waals surface area (Å²) in [6, 6.07) is 0.213. The van der Waals surface area contributed by atoms with Crippen molar-refractivity contribution in [1.29, 1.82) is 0 Å². The van der Waals surface area contributed by atoms with Crippen LogP contribution < -0.4 is 10.6 Å². The molecule has 0 aromatic carbocycles. The van der Waals surface area contributed by atoms with E-state index in [4.69, 9.17) is 4.74 Å². The fourth-order valence-electron chi connectivity index (χ4n) is 1.73. The number of carbonyl (C=O) groups is 1. The van der Waals surface area contributed by atoms with Crippen LogP contribution in [-0.2, 0) is 9.53 Å². The smallest absolute Gasteiger partial charge is 0.236 e. The summed E-state index contributed by atoms with van der Waals surface area (Å²) in [5, 5.41) is 6.23. The Morgan fingerprint density at radius 3 is 2.75 bits per heavy atom. The highest BCUT2D eigenvalue weighted by Gasteiger charge is 2.20. The third kappa shape index (κ3) is 4.94. The minimum atomic E-state index is -0.126. The summed E-state index contributed by atoms with van der Waals surface area (Å²) in [5.41, 5.74) is 0. The highest BCUT2D eigenvalue weighted by atomic mass is 16.5. The van der Waals surface area contributed by atoms with Crippen molar-refractivity contribution in [3.05, 3.63) is 0 Å². The predicted octanol–water partition coefficient (Wildman–Crippen LogP) is 0.916. The van der Waals surface area contributed by atoms with E-state index >= 15 is 0 Å². The molecule has 4 nitrogen and oxygen atoms in total. The SMILES string of the molecule is CC(C)CCNC(=O)C(C)NC1CCOC1. The minimum Gasteiger partial charge on any atom is -0.380 e. The van der Waals surface area contributed by atoms with Gasteiger partial charge in [0.05, 0.1) is 12.6 Å². The average molecular weight is 228 g/mol. The molecule has 4 heteroatoms. The van der Waals surface area contributed by atoms with Gasteiger partial charge in [-0.1, -0.05) is 13.8 Å². The van der Waals surface area contributed by atoms with Gasteiger partial charge in [0, 0.05) is 19.2 Å². The first-order chi connectivity index (χ1) is 7.59. The molecule has 16 heavy (non-hydrogen) atoms. The Morgan fingerprint density at radius 1 is 1.44 bits per heavy atom. The van der Waals surface area contributed by atoms with Crippen molar-refractivity contribution >= 4 is 5.91 Å². The lowest BCUT2D eigenvalue weighted by Gasteiger charge is -2.18. The van der Waals surface area contributed by atoms with Crippen molar-refractivity contribution in [2.24, 2.45) is 5.92 Å². The fourth-order valence-corrected chi connectivity index (χ4v) is 1.73. The van der Waals surface area contributed by atoms with E-state index in [9.17, 15) is 4.79 Å². The van der Waals surface area contributed by atoms with E-state index < -0.39 is 0 Å². The maximum atomic E-state index is 11.7. The Balaban J connectivity index is 2.14. The molecule has 1 rings (SSSR count). The molecule has 1 heterocycles. The van der Waals surface area contributed by atoms with Crippen LogP contribution in [0.3, 0.4) is 0 Å². The second kappa shape index (κ2) is 6.86. The molecular formula is C12H24N2O2. The van der Waals surface area contributed by atoms with E-state index in [-0.39, 0.29) is 11.9 Å². The highest BCUT2D eigenvalue weighted by molar-refractivity contribution is 5.81. The van der Waals surface area contributed by atoms with Crippen LogP contribution in [-0.4, -0.2) is 37.7 Å². The van der Waals surface area contributed by atoms with E-state index in [1.807, 2.05) is 6.92 Å². The third-order valence-electron chi connectivity index (χ3n) is 2.83. The van der Waals surface area contributed by atoms with Crippen LogP contribution in [0.25, 0.3) is 0 Å². The van der Waals surface area contributed by atoms with Crippen molar-refractivity contribution in [2.75, 3.05) is 19.8 Å². The molecule has 1 saturated heterocycles. The van der Waals surface area contributed by atoms with E-state index in [0.717, 1.165) is 32.6 Å². The molecule has 0 aromatic heterocycles. The predicted molar refractivity (Wildman–Crippen MR) is 64.3 cm³/mol. The van der Waals surface area contributed by atoms with Gasteiger partial charge in [-0.25, -0.2) is 0 Å². The number of hydrogen-bond donors (Lipinski definition) is 2. The van der Waals surface area contributed by atoms with Crippen LogP contribution in [0.1, 0.15) is 33.6 Å². The van der Waals surface area contributed by atoms with E-state index in [2.05, 4.69) is 24.5 Å². The Labute approximate surface area is 98.1 Å². The average Bonchev–Trinajstić information content (AvgIpc) is 2.69. The maximum Gasteiger partial charge on any atom is 0.236 e. The summed E-state index contributed by atoms with van der Waals surface area (Å²) in [7, 11) is 0. The zero-order chi connectivity index (χ0) is 12.0. The second-order valence-corrected chi connectivity index (χ2v) is 4.92. The molecule has 2 atom stereocenters. The topological polar surface area (TPSA) is 50.4 Å². The Hall–Kier alpha value is -0.610. The largest absolute Gasteiger partial charge is 0.380 e. The molecule has 2 N–H and O–H groups in total. The molecule has 0 saturated carbocycles. The lowest BCUT2D eigenvalue weighted by Crippen LogP contribution is -2.47. The first-order valence-corrected chi connectivity index (χ1v) is 6.21. The normalized spacial score (nSPS) is 22.4. The monoisotopic (exact) mass is 228 g/mol. The summed E-state index contributed by atoms with van der Waals surface area (Å²) in [4.78, 5) is 11.7. The number of rotatable bonds is 6. The number of amides is 1. The molecule has 0 bridgehead atoms. The van der Waals surface area contributed by atoms with Crippen molar-refractivity contribution < 1.29 is 9.53 Å². The zero-order valence-electron chi connectivity index (χ0n) is 10.6. The zero-order valence-corrected chi connectivity index (χ0v) is 10.6. The summed E-state index contributed by atoms with van der Waals surface area (Å²) < 4.78 is 5.26. The van der Waals surface area contributed by atoms with Gasteiger partial charge < -0.3 is 15.4 Å². The standard InChI is InChI=1S/C12H24N2O2/c1-9(2)4-6-13-12(15)10(3)14-11-5-7-16-8-11/h9-11,14H,4-8H2,1-3H3,(H,13,15). The van der Waals surface area contributed by atoms with Gasteiger partial charge in [0.25, 0.3) is 0 Å². The van der Waals surface area contributed by atoms with Crippen molar-refractivity contribution in [1.82, 2.24) is 10.6 Å². The Morgan fingerprint density at radius 2 is 2.19 bits per heavy atom. The van der Waals surface area contributed by atoms with Gasteiger partial charge in [-0.05, 0) is 25.7 Å². The molecule has 2 unspecified atom stereocenters. The van der Waals surface area contributed by atoms with Crippen LogP contribution in [0.4, 0.5) is 0 Å². The van der Waals surface area contributed by atoms with Crippen LogP contribution in [0.2, 0.25) is 0 Å². The van der Waals surface area contributed by atoms with Gasteiger partial charge in [-0.3, -0.25) is 4.79 Å². The second-order valence-electron chi connectivity index (χ2n) is 4.92. The molecule has 0 aliphatic carbocycles. The molecule has 1 fully saturated rings. The van der Waals surface area contributed by atoms with Crippen LogP contribution >= 0.6 is 0 Å². The van der Waals surface area contributed by atoms with E-state index in [1.54, 1.807) is 0 Å². The molecule has 1 amide bonds. The van der Waals surface area contributed by atoms with Gasteiger partial charge in [0.2, 0.25) is 5.91 Å². The van der Waals surface area contributed by atoms with Gasteiger partial charge in [0.15, 0.2) is 0 Å². The van der Waals surface area contributed by atoms with Gasteiger partial charge in [-0.2, -0.15) is 0 Å². The maximum absolute atomic E-state index is 11.7. The first kappa shape index (κ1) is 13.5. The molecule has 1 aliphatic heterocycles. The van der Waals surface area contributed by atoms with Crippen molar-refractivity contribution in [2.45, 2.75) is 45.7 Å². The highest BCUT2D eigenvalue weighted by Crippen LogP contribution is 2.04. The number of carbonyl (C=O) groups excluding carboxylic acids is 1. The number of hydrogen-bond acceptors (Lipinski definition) is 3. The quantitative estimate of drug-likeness (QED) is 0.710. The number of ether oxygens (including phenoxy) is 1. The van der Waals surface area contributed by atoms with E-state index in [1.165, 1.54) is 0 Å². The summed E-state index contributed by atoms with van der Waals surface area (Å²) >= 11 is 0. The Kier molecular flexibility index (Phi) is 5.77. The van der Waals surface area contributed by atoms with Crippen molar-refractivity contribution in [3.63, 3.8) is 0 Å². The lowest BCUT2D eigenvalue weighted by atomic mass is 10.1. The van der Waals surface area contributed by atoms with Crippen LogP contribution in [0.5, 0.6) is 0 Å². The third-order valence-corrected chi connectivity index (χ3v) is 2.83. The molecule has 94 valence electrons.